The number of aliphatic hydroxyl groups excluding tert-OH is 1. The second kappa shape index (κ2) is 4.56. The van der Waals surface area contributed by atoms with Crippen LogP contribution in [-0.2, 0) is 0 Å². The highest BCUT2D eigenvalue weighted by molar-refractivity contribution is 7.99. The van der Waals surface area contributed by atoms with Crippen molar-refractivity contribution in [2.45, 2.75) is 17.2 Å². The molecule has 0 saturated heterocycles. The number of nitrogens with zero attached hydrogens (tertiary/aromatic N) is 1. The molecule has 0 amide bonds. The molecular formula is C8H10F2N2OS. The molecule has 78 valence electrons. The third-order valence-electron chi connectivity index (χ3n) is 1.49. The van der Waals surface area contributed by atoms with Crippen LogP contribution in [-0.4, -0.2) is 21.9 Å². The molecule has 3 N–H and O–H groups in total. The van der Waals surface area contributed by atoms with Crippen molar-refractivity contribution in [1.29, 1.82) is 0 Å². The van der Waals surface area contributed by atoms with E-state index in [0.29, 0.717) is 6.07 Å². The number of aromatic nitrogens is 1. The summed E-state index contributed by atoms with van der Waals surface area (Å²) in [6, 6.07) is 0.689. The molecule has 1 rings (SSSR count). The highest BCUT2D eigenvalue weighted by Crippen LogP contribution is 2.25. The average Bonchev–Trinajstić information content (AvgIpc) is 2.14. The third-order valence-corrected chi connectivity index (χ3v) is 2.56. The molecule has 0 aromatic carbocycles. The number of halogens is 2. The molecule has 14 heavy (non-hydrogen) atoms. The lowest BCUT2D eigenvalue weighted by Crippen LogP contribution is -2.05. The Balaban J connectivity index is 2.92. The second-order valence-electron chi connectivity index (χ2n) is 2.75. The van der Waals surface area contributed by atoms with Crippen molar-refractivity contribution in [2.75, 3.05) is 12.3 Å². The van der Waals surface area contributed by atoms with Gasteiger partial charge < -0.3 is 10.8 Å². The summed E-state index contributed by atoms with van der Waals surface area (Å²) < 4.78 is 25.8. The summed E-state index contributed by atoms with van der Waals surface area (Å²) in [5.41, 5.74) is 5.18. The fraction of sp³-hybridized carbons (Fsp3) is 0.375. The van der Waals surface area contributed by atoms with Crippen LogP contribution in [0.4, 0.5) is 14.6 Å². The van der Waals surface area contributed by atoms with Crippen LogP contribution in [0.25, 0.3) is 0 Å². The maximum Gasteiger partial charge on any atom is 0.168 e. The van der Waals surface area contributed by atoms with Gasteiger partial charge in [-0.1, -0.05) is 18.7 Å². The zero-order valence-electron chi connectivity index (χ0n) is 7.50. The van der Waals surface area contributed by atoms with Gasteiger partial charge in [-0.15, -0.1) is 0 Å². The van der Waals surface area contributed by atoms with Crippen LogP contribution in [0.15, 0.2) is 11.1 Å². The molecule has 6 heteroatoms. The lowest BCUT2D eigenvalue weighted by Gasteiger charge is -2.08. The van der Waals surface area contributed by atoms with E-state index in [2.05, 4.69) is 4.98 Å². The van der Waals surface area contributed by atoms with E-state index in [-0.39, 0.29) is 22.7 Å². The summed E-state index contributed by atoms with van der Waals surface area (Å²) in [6.45, 7) is 1.59. The summed E-state index contributed by atoms with van der Waals surface area (Å²) in [4.78, 5) is 3.54. The van der Waals surface area contributed by atoms with Crippen molar-refractivity contribution in [3.8, 4) is 0 Å². The lowest BCUT2D eigenvalue weighted by atomic mass is 10.4. The highest BCUT2D eigenvalue weighted by Gasteiger charge is 2.12. The molecule has 0 saturated carbocycles. The van der Waals surface area contributed by atoms with Crippen LogP contribution in [0.2, 0.25) is 0 Å². The molecular weight excluding hydrogens is 210 g/mol. The first kappa shape index (κ1) is 11.2. The van der Waals surface area contributed by atoms with E-state index in [0.717, 1.165) is 11.8 Å². The van der Waals surface area contributed by atoms with Crippen LogP contribution in [0.5, 0.6) is 0 Å². The number of hydrogen-bond acceptors (Lipinski definition) is 4. The van der Waals surface area contributed by atoms with Crippen molar-refractivity contribution in [1.82, 2.24) is 4.98 Å². The third kappa shape index (κ3) is 2.55. The number of nitrogen functional groups attached to an aromatic ring is 1. The van der Waals surface area contributed by atoms with E-state index >= 15 is 0 Å². The Hall–Kier alpha value is -0.880. The van der Waals surface area contributed by atoms with Crippen LogP contribution < -0.4 is 5.73 Å². The zero-order valence-corrected chi connectivity index (χ0v) is 8.31. The minimum Gasteiger partial charge on any atom is -0.395 e. The normalized spacial score (nSPS) is 12.9. The molecule has 1 heterocycles. The van der Waals surface area contributed by atoms with E-state index < -0.39 is 11.6 Å². The molecule has 1 aromatic heterocycles. The van der Waals surface area contributed by atoms with E-state index in [1.165, 1.54) is 0 Å². The quantitative estimate of drug-likeness (QED) is 0.756. The molecule has 0 bridgehead atoms. The van der Waals surface area contributed by atoms with Crippen LogP contribution in [0.3, 0.4) is 0 Å². The van der Waals surface area contributed by atoms with Gasteiger partial charge in [-0.25, -0.2) is 13.8 Å². The van der Waals surface area contributed by atoms with Crippen molar-refractivity contribution in [3.63, 3.8) is 0 Å². The molecule has 0 aliphatic heterocycles. The molecule has 1 atom stereocenters. The van der Waals surface area contributed by atoms with E-state index in [1.54, 1.807) is 6.92 Å². The van der Waals surface area contributed by atoms with E-state index in [9.17, 15) is 8.78 Å². The predicted octanol–water partition coefficient (Wildman–Crippen LogP) is 1.41. The van der Waals surface area contributed by atoms with Gasteiger partial charge in [-0.2, -0.15) is 0 Å². The number of anilines is 1. The van der Waals surface area contributed by atoms with E-state index in [1.807, 2.05) is 0 Å². The first-order chi connectivity index (χ1) is 6.54. The van der Waals surface area contributed by atoms with Crippen molar-refractivity contribution in [3.05, 3.63) is 17.7 Å². The topological polar surface area (TPSA) is 59.1 Å². The molecule has 1 unspecified atom stereocenters. The number of nitrogens with two attached hydrogens (primary N) is 1. The monoisotopic (exact) mass is 220 g/mol. The SMILES string of the molecule is CC(CO)Sc1nc(N)c(F)cc1F. The Labute approximate surface area is 84.3 Å². The molecule has 0 spiro atoms. The summed E-state index contributed by atoms with van der Waals surface area (Å²) in [6.07, 6.45) is 0. The van der Waals surface area contributed by atoms with E-state index in [4.69, 9.17) is 10.8 Å². The fourth-order valence-corrected chi connectivity index (χ4v) is 1.55. The van der Waals surface area contributed by atoms with Gasteiger partial charge in [0.15, 0.2) is 17.5 Å². The molecule has 0 aliphatic rings. The standard InChI is InChI=1S/C8H10F2N2OS/c1-4(3-13)14-8-6(10)2-5(9)7(11)12-8/h2,4,13H,3H2,1H3,(H2,11,12). The van der Waals surface area contributed by atoms with Gasteiger partial charge in [0, 0.05) is 11.3 Å². The van der Waals surface area contributed by atoms with Gasteiger partial charge in [0.05, 0.1) is 6.61 Å². The fourth-order valence-electron chi connectivity index (χ4n) is 0.774. The smallest absolute Gasteiger partial charge is 0.168 e. The molecule has 0 aliphatic carbocycles. The first-order valence-corrected chi connectivity index (χ1v) is 4.81. The first-order valence-electron chi connectivity index (χ1n) is 3.93. The van der Waals surface area contributed by atoms with Crippen molar-refractivity contribution < 1.29 is 13.9 Å². The predicted molar refractivity (Wildman–Crippen MR) is 51.0 cm³/mol. The van der Waals surface area contributed by atoms with Gasteiger partial charge in [0.25, 0.3) is 0 Å². The Morgan fingerprint density at radius 1 is 1.57 bits per heavy atom. The molecule has 0 radical (unpaired) electrons. The van der Waals surface area contributed by atoms with Crippen LogP contribution in [0.1, 0.15) is 6.92 Å². The van der Waals surface area contributed by atoms with Crippen molar-refractivity contribution >= 4 is 17.6 Å². The Bertz CT molecular complexity index is 335. The number of hydrogen-bond donors (Lipinski definition) is 2. The summed E-state index contributed by atoms with van der Waals surface area (Å²) >= 11 is 1.01. The maximum atomic E-state index is 13.1. The van der Waals surface area contributed by atoms with Gasteiger partial charge >= 0.3 is 0 Å². The van der Waals surface area contributed by atoms with Crippen molar-refractivity contribution in [2.24, 2.45) is 0 Å². The second-order valence-corrected chi connectivity index (χ2v) is 4.18. The zero-order chi connectivity index (χ0) is 10.7. The van der Waals surface area contributed by atoms with Gasteiger partial charge in [-0.05, 0) is 0 Å². The number of pyridine rings is 1. The number of rotatable bonds is 3. The summed E-state index contributed by atoms with van der Waals surface area (Å²) in [5.74, 6) is -1.97. The molecule has 0 fully saturated rings. The number of aliphatic hydroxyl groups is 1. The maximum absolute atomic E-state index is 13.1. The summed E-state index contributed by atoms with van der Waals surface area (Å²) in [7, 11) is 0. The van der Waals surface area contributed by atoms with Crippen LogP contribution in [0, 0.1) is 11.6 Å². The Morgan fingerprint density at radius 3 is 2.79 bits per heavy atom. The summed E-state index contributed by atoms with van der Waals surface area (Å²) in [5, 5.41) is 8.53. The Kier molecular flexibility index (Phi) is 3.65. The largest absolute Gasteiger partial charge is 0.395 e. The Morgan fingerprint density at radius 2 is 2.21 bits per heavy atom. The average molecular weight is 220 g/mol. The van der Waals surface area contributed by atoms with Gasteiger partial charge in [0.2, 0.25) is 0 Å². The lowest BCUT2D eigenvalue weighted by molar-refractivity contribution is 0.300. The highest BCUT2D eigenvalue weighted by atomic mass is 32.2. The molecule has 3 nitrogen and oxygen atoms in total. The number of thioether (sulfide) groups is 1. The van der Waals surface area contributed by atoms with Crippen LogP contribution >= 0.6 is 11.8 Å². The minimum absolute atomic E-state index is 0.00505. The van der Waals surface area contributed by atoms with Gasteiger partial charge in [-0.3, -0.25) is 0 Å². The van der Waals surface area contributed by atoms with Gasteiger partial charge in [0.1, 0.15) is 5.03 Å². The molecule has 1 aromatic rings. The minimum atomic E-state index is -0.872.